The Bertz CT molecular complexity index is 737. The Morgan fingerprint density at radius 3 is 2.29 bits per heavy atom. The lowest BCUT2D eigenvalue weighted by molar-refractivity contribution is -0.128. The van der Waals surface area contributed by atoms with Crippen molar-refractivity contribution in [2.75, 3.05) is 31.2 Å². The van der Waals surface area contributed by atoms with E-state index < -0.39 is 6.10 Å². The maximum absolute atomic E-state index is 12.5. The molecule has 0 aliphatic carbocycles. The second-order valence-corrected chi connectivity index (χ2v) is 7.00. The van der Waals surface area contributed by atoms with E-state index in [0.717, 1.165) is 44.0 Å². The van der Waals surface area contributed by atoms with Gasteiger partial charge in [-0.1, -0.05) is 38.1 Å². The molecule has 1 aliphatic rings. The van der Waals surface area contributed by atoms with E-state index in [1.165, 1.54) is 11.3 Å². The van der Waals surface area contributed by atoms with Gasteiger partial charge in [0.05, 0.1) is 13.2 Å². The highest BCUT2D eigenvalue weighted by Gasteiger charge is 2.18. The van der Waals surface area contributed by atoms with Crippen LogP contribution in [0.2, 0.25) is 0 Å². The van der Waals surface area contributed by atoms with Crippen LogP contribution in [0.4, 0.5) is 5.69 Å². The van der Waals surface area contributed by atoms with Crippen LogP contribution in [0.3, 0.4) is 0 Å². The van der Waals surface area contributed by atoms with Crippen LogP contribution in [0.15, 0.2) is 48.5 Å². The van der Waals surface area contributed by atoms with E-state index in [4.69, 9.17) is 9.47 Å². The Kier molecular flexibility index (Phi) is 7.31. The number of morpholine rings is 1. The zero-order valence-corrected chi connectivity index (χ0v) is 16.8. The molecule has 1 fully saturated rings. The van der Waals surface area contributed by atoms with Gasteiger partial charge in [-0.3, -0.25) is 4.79 Å². The number of nitrogens with one attached hydrogen (secondary N) is 1. The summed E-state index contributed by atoms with van der Waals surface area (Å²) in [5.74, 6) is 0.647. The van der Waals surface area contributed by atoms with Crippen molar-refractivity contribution in [1.82, 2.24) is 5.32 Å². The summed E-state index contributed by atoms with van der Waals surface area (Å²) in [7, 11) is 0. The van der Waals surface area contributed by atoms with E-state index in [9.17, 15) is 4.79 Å². The van der Waals surface area contributed by atoms with Gasteiger partial charge in [0.15, 0.2) is 6.10 Å². The van der Waals surface area contributed by atoms with Gasteiger partial charge in [-0.25, -0.2) is 0 Å². The van der Waals surface area contributed by atoms with Crippen molar-refractivity contribution in [3.8, 4) is 5.75 Å². The molecule has 1 aliphatic heterocycles. The minimum Gasteiger partial charge on any atom is -0.481 e. The number of rotatable bonds is 8. The monoisotopic (exact) mass is 382 g/mol. The van der Waals surface area contributed by atoms with E-state index in [2.05, 4.69) is 41.4 Å². The van der Waals surface area contributed by atoms with Crippen molar-refractivity contribution in [2.45, 2.75) is 39.3 Å². The fraction of sp³-hybridized carbons (Fsp3) is 0.435. The standard InChI is InChI=1S/C23H30N2O3/c1-3-18-7-11-21(12-8-18)28-22(4-2)23(26)24-17-19-5-9-20(10-6-19)25-13-15-27-16-14-25/h5-12,22H,3-4,13-17H2,1-2H3,(H,24,26). The first-order valence-electron chi connectivity index (χ1n) is 10.1. The Hall–Kier alpha value is -2.53. The van der Waals surface area contributed by atoms with Gasteiger partial charge in [-0.2, -0.15) is 0 Å². The van der Waals surface area contributed by atoms with Gasteiger partial charge in [0.2, 0.25) is 0 Å². The molecular weight excluding hydrogens is 352 g/mol. The summed E-state index contributed by atoms with van der Waals surface area (Å²) in [6, 6.07) is 16.3. The number of hydrogen-bond donors (Lipinski definition) is 1. The lowest BCUT2D eigenvalue weighted by Gasteiger charge is -2.29. The molecule has 28 heavy (non-hydrogen) atoms. The average Bonchev–Trinajstić information content (AvgIpc) is 2.77. The number of amides is 1. The van der Waals surface area contributed by atoms with Crippen LogP contribution in [-0.2, 0) is 22.5 Å². The summed E-state index contributed by atoms with van der Waals surface area (Å²) < 4.78 is 11.3. The zero-order chi connectivity index (χ0) is 19.8. The highest BCUT2D eigenvalue weighted by molar-refractivity contribution is 5.81. The predicted octanol–water partition coefficient (Wildman–Crippen LogP) is 3.56. The largest absolute Gasteiger partial charge is 0.481 e. The maximum atomic E-state index is 12.5. The van der Waals surface area contributed by atoms with Crippen LogP contribution in [0.5, 0.6) is 5.75 Å². The minimum absolute atomic E-state index is 0.0840. The fourth-order valence-corrected chi connectivity index (χ4v) is 3.24. The van der Waals surface area contributed by atoms with Gasteiger partial charge in [0.25, 0.3) is 5.91 Å². The van der Waals surface area contributed by atoms with E-state index in [1.54, 1.807) is 0 Å². The molecule has 0 aromatic heterocycles. The third-order valence-corrected chi connectivity index (χ3v) is 5.05. The number of carbonyl (C=O) groups excluding carboxylic acids is 1. The van der Waals surface area contributed by atoms with Gasteiger partial charge in [0.1, 0.15) is 5.75 Å². The lowest BCUT2D eigenvalue weighted by atomic mass is 10.1. The Morgan fingerprint density at radius 2 is 1.68 bits per heavy atom. The van der Waals surface area contributed by atoms with Crippen LogP contribution in [-0.4, -0.2) is 38.3 Å². The first kappa shape index (κ1) is 20.2. The minimum atomic E-state index is -0.486. The quantitative estimate of drug-likeness (QED) is 0.758. The van der Waals surface area contributed by atoms with Crippen LogP contribution < -0.4 is 15.0 Å². The lowest BCUT2D eigenvalue weighted by Crippen LogP contribution is -2.37. The smallest absolute Gasteiger partial charge is 0.261 e. The summed E-state index contributed by atoms with van der Waals surface area (Å²) in [5, 5.41) is 2.99. The van der Waals surface area contributed by atoms with Crippen LogP contribution in [0.25, 0.3) is 0 Å². The zero-order valence-electron chi connectivity index (χ0n) is 16.8. The summed E-state index contributed by atoms with van der Waals surface area (Å²) >= 11 is 0. The van der Waals surface area contributed by atoms with Gasteiger partial charge < -0.3 is 19.7 Å². The topological polar surface area (TPSA) is 50.8 Å². The van der Waals surface area contributed by atoms with Gasteiger partial charge in [0, 0.05) is 25.3 Å². The molecule has 3 rings (SSSR count). The predicted molar refractivity (Wildman–Crippen MR) is 112 cm³/mol. The first-order chi connectivity index (χ1) is 13.7. The molecule has 0 bridgehead atoms. The molecule has 150 valence electrons. The van der Waals surface area contributed by atoms with Crippen molar-refractivity contribution in [3.05, 3.63) is 59.7 Å². The number of hydrogen-bond acceptors (Lipinski definition) is 4. The Balaban J connectivity index is 1.51. The third kappa shape index (κ3) is 5.49. The summed E-state index contributed by atoms with van der Waals surface area (Å²) in [6.45, 7) is 7.97. The summed E-state index contributed by atoms with van der Waals surface area (Å²) in [6.07, 6.45) is 1.12. The van der Waals surface area contributed by atoms with Gasteiger partial charge in [-0.05, 0) is 48.2 Å². The molecule has 5 nitrogen and oxygen atoms in total. The number of ether oxygens (including phenoxy) is 2. The normalized spacial score (nSPS) is 15.1. The third-order valence-electron chi connectivity index (χ3n) is 5.05. The number of aryl methyl sites for hydroxylation is 1. The van der Waals surface area contributed by atoms with Crippen LogP contribution in [0.1, 0.15) is 31.4 Å². The molecule has 2 aromatic carbocycles. The van der Waals surface area contributed by atoms with E-state index >= 15 is 0 Å². The molecule has 5 heteroatoms. The first-order valence-corrected chi connectivity index (χ1v) is 10.1. The molecule has 1 N–H and O–H groups in total. The summed E-state index contributed by atoms with van der Waals surface area (Å²) in [4.78, 5) is 14.8. The second kappa shape index (κ2) is 10.1. The van der Waals surface area contributed by atoms with Crippen molar-refractivity contribution in [3.63, 3.8) is 0 Å². The molecule has 0 saturated carbocycles. The number of anilines is 1. The van der Waals surface area contributed by atoms with Crippen molar-refractivity contribution < 1.29 is 14.3 Å². The van der Waals surface area contributed by atoms with Gasteiger partial charge in [-0.15, -0.1) is 0 Å². The molecule has 1 heterocycles. The van der Waals surface area contributed by atoms with E-state index in [0.29, 0.717) is 13.0 Å². The highest BCUT2D eigenvalue weighted by atomic mass is 16.5. The number of nitrogens with zero attached hydrogens (tertiary/aromatic N) is 1. The number of carbonyl (C=O) groups is 1. The molecule has 1 unspecified atom stereocenters. The maximum Gasteiger partial charge on any atom is 0.261 e. The van der Waals surface area contributed by atoms with Gasteiger partial charge >= 0.3 is 0 Å². The van der Waals surface area contributed by atoms with Crippen LogP contribution in [0, 0.1) is 0 Å². The Labute approximate surface area is 167 Å². The molecule has 1 atom stereocenters. The molecule has 0 spiro atoms. The van der Waals surface area contributed by atoms with Crippen molar-refractivity contribution in [1.29, 1.82) is 0 Å². The summed E-state index contributed by atoms with van der Waals surface area (Å²) in [5.41, 5.74) is 3.53. The average molecular weight is 383 g/mol. The molecule has 1 amide bonds. The van der Waals surface area contributed by atoms with Crippen molar-refractivity contribution >= 4 is 11.6 Å². The second-order valence-electron chi connectivity index (χ2n) is 7.00. The highest BCUT2D eigenvalue weighted by Crippen LogP contribution is 2.17. The molecule has 2 aromatic rings. The molecule has 1 saturated heterocycles. The van der Waals surface area contributed by atoms with E-state index in [-0.39, 0.29) is 5.91 Å². The fourth-order valence-electron chi connectivity index (χ4n) is 3.24. The van der Waals surface area contributed by atoms with E-state index in [1.807, 2.05) is 31.2 Å². The number of benzene rings is 2. The Morgan fingerprint density at radius 1 is 1.04 bits per heavy atom. The molecule has 0 radical (unpaired) electrons. The van der Waals surface area contributed by atoms with Crippen LogP contribution >= 0.6 is 0 Å². The SMILES string of the molecule is CCc1ccc(OC(CC)C(=O)NCc2ccc(N3CCOCC3)cc2)cc1. The molecular formula is C23H30N2O3. The van der Waals surface area contributed by atoms with Crippen molar-refractivity contribution in [2.24, 2.45) is 0 Å².